The molecule has 0 bridgehead atoms. The molecule has 7 heteroatoms. The van der Waals surface area contributed by atoms with Gasteiger partial charge >= 0.3 is 11.7 Å². The highest BCUT2D eigenvalue weighted by Crippen LogP contribution is 2.07. The molecular weight excluding hydrogens is 226 g/mol. The number of aliphatic imine (C=N–C) groups is 1. The van der Waals surface area contributed by atoms with Crippen LogP contribution in [0.1, 0.15) is 26.2 Å². The number of hydrogen-bond donors (Lipinski definition) is 1. The number of nitrogens with two attached hydrogens (primary N) is 1. The minimum Gasteiger partial charge on any atom is -0.466 e. The van der Waals surface area contributed by atoms with Gasteiger partial charge in [-0.2, -0.15) is 0 Å². The fourth-order valence-corrected chi connectivity index (χ4v) is 1.25. The van der Waals surface area contributed by atoms with Crippen molar-refractivity contribution in [2.75, 3.05) is 13.7 Å². The first kappa shape index (κ1) is 15.1. The van der Waals surface area contributed by atoms with Crippen molar-refractivity contribution in [1.29, 1.82) is 0 Å². The Morgan fingerprint density at radius 2 is 2.18 bits per heavy atom. The Morgan fingerprint density at radius 3 is 2.59 bits per heavy atom. The number of carbonyl (C=O) groups excluding carboxylic acids is 1. The summed E-state index contributed by atoms with van der Waals surface area (Å²) >= 11 is 0. The minimum atomic E-state index is -0.591. The first-order valence-electron chi connectivity index (χ1n) is 5.24. The van der Waals surface area contributed by atoms with E-state index in [9.17, 15) is 14.9 Å². The summed E-state index contributed by atoms with van der Waals surface area (Å²) in [7, 11) is 1.45. The number of ether oxygens (including phenoxy) is 1. The van der Waals surface area contributed by atoms with Crippen LogP contribution in [0.5, 0.6) is 0 Å². The number of rotatable bonds is 7. The molecule has 0 aliphatic carbocycles. The predicted octanol–water partition coefficient (Wildman–Crippen LogP) is 0.867. The average molecular weight is 243 g/mol. The molecule has 0 saturated carbocycles. The maximum atomic E-state index is 11.1. The van der Waals surface area contributed by atoms with Gasteiger partial charge in [-0.15, -0.1) is 0 Å². The zero-order valence-electron chi connectivity index (χ0n) is 10.0. The molecule has 0 aromatic rings. The predicted molar refractivity (Wildman–Crippen MR) is 63.1 cm³/mol. The van der Waals surface area contributed by atoms with Crippen LogP contribution in [-0.4, -0.2) is 30.3 Å². The highest BCUT2D eigenvalue weighted by Gasteiger charge is 2.18. The number of nitro groups is 1. The molecule has 0 heterocycles. The van der Waals surface area contributed by atoms with Crippen LogP contribution < -0.4 is 5.73 Å². The third-order valence-corrected chi connectivity index (χ3v) is 2.02. The van der Waals surface area contributed by atoms with Crippen LogP contribution in [0.15, 0.2) is 16.9 Å². The summed E-state index contributed by atoms with van der Waals surface area (Å²) in [5.41, 5.74) is 5.21. The van der Waals surface area contributed by atoms with Crippen LogP contribution in [0.25, 0.3) is 0 Å². The molecule has 0 saturated heterocycles. The van der Waals surface area contributed by atoms with E-state index in [1.165, 1.54) is 7.05 Å². The molecule has 7 nitrogen and oxygen atoms in total. The van der Waals surface area contributed by atoms with Gasteiger partial charge in [0, 0.05) is 13.5 Å². The molecule has 0 unspecified atom stereocenters. The van der Waals surface area contributed by atoms with Crippen molar-refractivity contribution in [1.82, 2.24) is 0 Å². The lowest BCUT2D eigenvalue weighted by Gasteiger charge is -2.03. The fourth-order valence-electron chi connectivity index (χ4n) is 1.25. The second-order valence-corrected chi connectivity index (χ2v) is 3.14. The third-order valence-electron chi connectivity index (χ3n) is 2.02. The zero-order chi connectivity index (χ0) is 13.3. The Hall–Kier alpha value is -1.92. The van der Waals surface area contributed by atoms with Gasteiger partial charge in [0.1, 0.15) is 5.71 Å². The summed E-state index contributed by atoms with van der Waals surface area (Å²) < 4.78 is 4.74. The summed E-state index contributed by atoms with van der Waals surface area (Å²) in [5.74, 6) is -0.317. The van der Waals surface area contributed by atoms with Crippen LogP contribution in [0.2, 0.25) is 0 Å². The Kier molecular flexibility index (Phi) is 7.32. The van der Waals surface area contributed by atoms with Crippen LogP contribution in [0, 0.1) is 10.1 Å². The van der Waals surface area contributed by atoms with Crippen molar-refractivity contribution < 1.29 is 14.5 Å². The van der Waals surface area contributed by atoms with E-state index < -0.39 is 4.92 Å². The Morgan fingerprint density at radius 1 is 1.53 bits per heavy atom. The molecular formula is C10H17N3O4. The highest BCUT2D eigenvalue weighted by atomic mass is 16.6. The first-order valence-corrected chi connectivity index (χ1v) is 5.24. The maximum absolute atomic E-state index is 11.1. The molecule has 0 aromatic heterocycles. The number of esters is 1. The van der Waals surface area contributed by atoms with E-state index in [2.05, 4.69) is 4.99 Å². The Bertz CT molecular complexity index is 336. The summed E-state index contributed by atoms with van der Waals surface area (Å²) in [6, 6.07) is 0. The monoisotopic (exact) mass is 243 g/mol. The SMILES string of the molecule is CCOC(=O)CCCC(=NC)C(=CN)[N+](=O)[O-]. The number of carbonyl (C=O) groups is 1. The molecule has 0 aromatic carbocycles. The Balaban J connectivity index is 4.26. The van der Waals surface area contributed by atoms with Gasteiger partial charge in [0.2, 0.25) is 0 Å². The maximum Gasteiger partial charge on any atom is 0.305 e. The number of allylic oxidation sites excluding steroid dienone is 1. The highest BCUT2D eigenvalue weighted by molar-refractivity contribution is 5.97. The molecule has 0 spiro atoms. The second-order valence-electron chi connectivity index (χ2n) is 3.14. The topological polar surface area (TPSA) is 108 Å². The van der Waals surface area contributed by atoms with Crippen molar-refractivity contribution in [3.05, 3.63) is 22.0 Å². The lowest BCUT2D eigenvalue weighted by Crippen LogP contribution is -2.14. The van der Waals surface area contributed by atoms with E-state index in [0.29, 0.717) is 19.4 Å². The molecule has 0 aliphatic rings. The average Bonchev–Trinajstić information content (AvgIpc) is 2.27. The van der Waals surface area contributed by atoms with Gasteiger partial charge in [0.05, 0.1) is 17.7 Å². The van der Waals surface area contributed by atoms with E-state index in [0.717, 1.165) is 6.20 Å². The van der Waals surface area contributed by atoms with Crippen LogP contribution in [0.4, 0.5) is 0 Å². The summed E-state index contributed by atoms with van der Waals surface area (Å²) in [6.45, 7) is 2.05. The normalized spacial score (nSPS) is 12.4. The van der Waals surface area contributed by atoms with Crippen molar-refractivity contribution in [2.45, 2.75) is 26.2 Å². The van der Waals surface area contributed by atoms with Gasteiger partial charge in [-0.1, -0.05) is 0 Å². The lowest BCUT2D eigenvalue weighted by atomic mass is 10.1. The summed E-state index contributed by atoms with van der Waals surface area (Å²) in [5, 5.41) is 10.6. The minimum absolute atomic E-state index is 0.211. The molecule has 17 heavy (non-hydrogen) atoms. The molecule has 0 rings (SSSR count). The molecule has 0 atom stereocenters. The van der Waals surface area contributed by atoms with E-state index in [1.54, 1.807) is 6.92 Å². The van der Waals surface area contributed by atoms with Crippen molar-refractivity contribution in [3.8, 4) is 0 Å². The smallest absolute Gasteiger partial charge is 0.305 e. The summed E-state index contributed by atoms with van der Waals surface area (Å²) in [4.78, 5) is 24.9. The van der Waals surface area contributed by atoms with Gasteiger partial charge in [0.15, 0.2) is 0 Å². The quantitative estimate of drug-likeness (QED) is 0.309. The van der Waals surface area contributed by atoms with Crippen molar-refractivity contribution >= 4 is 11.7 Å². The second kappa shape index (κ2) is 8.26. The molecule has 0 amide bonds. The number of nitrogens with zero attached hydrogens (tertiary/aromatic N) is 2. The molecule has 0 fully saturated rings. The molecule has 2 N–H and O–H groups in total. The Labute approximate surface area is 99.5 Å². The largest absolute Gasteiger partial charge is 0.466 e. The van der Waals surface area contributed by atoms with Crippen molar-refractivity contribution in [3.63, 3.8) is 0 Å². The van der Waals surface area contributed by atoms with Crippen LogP contribution in [-0.2, 0) is 9.53 Å². The van der Waals surface area contributed by atoms with Gasteiger partial charge in [-0.25, -0.2) is 0 Å². The van der Waals surface area contributed by atoms with Gasteiger partial charge in [-0.3, -0.25) is 19.9 Å². The van der Waals surface area contributed by atoms with Gasteiger partial charge in [0.25, 0.3) is 0 Å². The van der Waals surface area contributed by atoms with E-state index in [-0.39, 0.29) is 23.8 Å². The van der Waals surface area contributed by atoms with Crippen LogP contribution >= 0.6 is 0 Å². The number of hydrogen-bond acceptors (Lipinski definition) is 6. The zero-order valence-corrected chi connectivity index (χ0v) is 10.0. The van der Waals surface area contributed by atoms with Gasteiger partial charge < -0.3 is 10.5 Å². The fraction of sp³-hybridized carbons (Fsp3) is 0.600. The van der Waals surface area contributed by atoms with Crippen LogP contribution in [0.3, 0.4) is 0 Å². The molecule has 96 valence electrons. The van der Waals surface area contributed by atoms with E-state index in [1.807, 2.05) is 0 Å². The lowest BCUT2D eigenvalue weighted by molar-refractivity contribution is -0.415. The third kappa shape index (κ3) is 5.64. The van der Waals surface area contributed by atoms with Gasteiger partial charge in [-0.05, 0) is 19.8 Å². The first-order chi connectivity index (χ1) is 8.06. The van der Waals surface area contributed by atoms with E-state index in [4.69, 9.17) is 10.5 Å². The van der Waals surface area contributed by atoms with Crippen molar-refractivity contribution in [2.24, 2.45) is 10.7 Å². The van der Waals surface area contributed by atoms with E-state index >= 15 is 0 Å². The molecule has 0 radical (unpaired) electrons. The molecule has 0 aliphatic heterocycles. The summed E-state index contributed by atoms with van der Waals surface area (Å²) in [6.07, 6.45) is 1.88. The standard InChI is InChI=1S/C10H17N3O4/c1-3-17-10(14)6-4-5-8(12-2)9(7-11)13(15)16/h7H,3-6,11H2,1-2H3.